The average Bonchev–Trinajstić information content (AvgIpc) is 2.55. The molecule has 0 saturated heterocycles. The number of nitrogens with one attached hydrogen (secondary N) is 2. The predicted molar refractivity (Wildman–Crippen MR) is 105 cm³/mol. The van der Waals surface area contributed by atoms with Gasteiger partial charge in [0, 0.05) is 5.56 Å². The molecule has 0 aliphatic heterocycles. The van der Waals surface area contributed by atoms with E-state index in [1.165, 1.54) is 0 Å². The highest BCUT2D eigenvalue weighted by molar-refractivity contribution is 9.38. The van der Waals surface area contributed by atoms with E-state index in [2.05, 4.69) is 58.3 Å². The molecule has 0 unspecified atom stereocenters. The van der Waals surface area contributed by atoms with Crippen molar-refractivity contribution >= 4 is 64.9 Å². The molecule has 0 aromatic heterocycles. The molecule has 2 rings (SSSR count). The number of hydrazone groups is 1. The van der Waals surface area contributed by atoms with E-state index in [1.54, 1.807) is 12.1 Å². The molecule has 116 valence electrons. The van der Waals surface area contributed by atoms with Gasteiger partial charge in [-0.2, -0.15) is 10.4 Å². The minimum Gasteiger partial charge on any atom is -0.297 e. The van der Waals surface area contributed by atoms with Crippen molar-refractivity contribution < 1.29 is 0 Å². The van der Waals surface area contributed by atoms with Crippen LogP contribution < -0.4 is 5.43 Å². The maximum Gasteiger partial charge on any atom is 0.186 e. The molecule has 0 saturated carbocycles. The van der Waals surface area contributed by atoms with Crippen molar-refractivity contribution in [2.75, 3.05) is 5.43 Å². The molecule has 0 heterocycles. The smallest absolute Gasteiger partial charge is 0.186 e. The van der Waals surface area contributed by atoms with Gasteiger partial charge in [-0.15, -0.1) is 0 Å². The van der Waals surface area contributed by atoms with E-state index >= 15 is 0 Å². The minimum atomic E-state index is -0.470. The van der Waals surface area contributed by atoms with Crippen LogP contribution >= 0.6 is 47.8 Å². The van der Waals surface area contributed by atoms with Crippen LogP contribution in [0.2, 0.25) is 0 Å². The molecule has 0 bridgehead atoms. The van der Waals surface area contributed by atoms with E-state index in [0.717, 1.165) is 11.3 Å². The van der Waals surface area contributed by atoms with Crippen molar-refractivity contribution in [2.45, 2.75) is 2.14 Å². The Balaban J connectivity index is 2.14. The summed E-state index contributed by atoms with van der Waals surface area (Å²) >= 11 is 10.3. The Morgan fingerprint density at radius 1 is 1.04 bits per heavy atom. The molecular weight excluding hydrogens is 488 g/mol. The molecule has 2 N–H and O–H groups in total. The Hall–Kier alpha value is -1.49. The van der Waals surface area contributed by atoms with Crippen LogP contribution in [-0.4, -0.2) is 11.4 Å². The molecule has 2 aromatic carbocycles. The first-order chi connectivity index (χ1) is 10.9. The number of nitriles is 1. The van der Waals surface area contributed by atoms with Crippen LogP contribution in [0.5, 0.6) is 0 Å². The second kappa shape index (κ2) is 7.86. The third-order valence-corrected chi connectivity index (χ3v) is 4.29. The fourth-order valence-electron chi connectivity index (χ4n) is 1.73. The van der Waals surface area contributed by atoms with Crippen LogP contribution in [0, 0.1) is 16.7 Å². The zero-order valence-electron chi connectivity index (χ0n) is 11.7. The summed E-state index contributed by atoms with van der Waals surface area (Å²) in [6.07, 6.45) is 0. The number of halogens is 3. The highest BCUT2D eigenvalue weighted by Crippen LogP contribution is 2.44. The molecule has 0 spiro atoms. The van der Waals surface area contributed by atoms with E-state index in [1.807, 2.05) is 48.5 Å². The number of alkyl halides is 3. The molecule has 0 atom stereocenters. The van der Waals surface area contributed by atoms with Crippen LogP contribution in [-0.2, 0) is 2.14 Å². The molecule has 23 heavy (non-hydrogen) atoms. The predicted octanol–water partition coefficient (Wildman–Crippen LogP) is 5.34. The normalized spacial score (nSPS) is 11.7. The van der Waals surface area contributed by atoms with Crippen molar-refractivity contribution in [3.63, 3.8) is 0 Å². The molecule has 0 fully saturated rings. The van der Waals surface area contributed by atoms with Crippen LogP contribution in [0.1, 0.15) is 11.1 Å². The van der Waals surface area contributed by atoms with Crippen LogP contribution in [0.3, 0.4) is 0 Å². The van der Waals surface area contributed by atoms with Crippen molar-refractivity contribution in [1.29, 1.82) is 10.7 Å². The van der Waals surface area contributed by atoms with E-state index in [0.29, 0.717) is 5.56 Å². The van der Waals surface area contributed by atoms with Gasteiger partial charge >= 0.3 is 0 Å². The molecule has 0 aliphatic carbocycles. The Labute approximate surface area is 159 Å². The van der Waals surface area contributed by atoms with Gasteiger partial charge < -0.3 is 0 Å². The van der Waals surface area contributed by atoms with E-state index in [-0.39, 0.29) is 11.4 Å². The van der Waals surface area contributed by atoms with Gasteiger partial charge in [0.1, 0.15) is 6.07 Å². The highest BCUT2D eigenvalue weighted by Gasteiger charge is 2.20. The summed E-state index contributed by atoms with van der Waals surface area (Å²) in [5, 5.41) is 21.3. The van der Waals surface area contributed by atoms with Gasteiger partial charge in [-0.05, 0) is 17.7 Å². The first-order valence-corrected chi connectivity index (χ1v) is 8.85. The van der Waals surface area contributed by atoms with Crippen LogP contribution in [0.4, 0.5) is 5.69 Å². The number of benzene rings is 2. The van der Waals surface area contributed by atoms with E-state index < -0.39 is 2.14 Å². The summed E-state index contributed by atoms with van der Waals surface area (Å²) in [6, 6.07) is 18.4. The van der Waals surface area contributed by atoms with Crippen molar-refractivity contribution in [3.8, 4) is 6.07 Å². The first-order valence-electron chi connectivity index (χ1n) is 6.47. The quantitative estimate of drug-likeness (QED) is 0.339. The summed E-state index contributed by atoms with van der Waals surface area (Å²) < 4.78 is -0.470. The third kappa shape index (κ3) is 4.99. The third-order valence-electron chi connectivity index (χ3n) is 2.91. The van der Waals surface area contributed by atoms with Crippen molar-refractivity contribution in [2.24, 2.45) is 5.10 Å². The molecular formula is C16H11Br3N4. The second-order valence-electron chi connectivity index (χ2n) is 4.50. The van der Waals surface area contributed by atoms with Crippen molar-refractivity contribution in [1.82, 2.24) is 0 Å². The van der Waals surface area contributed by atoms with E-state index in [4.69, 9.17) is 5.41 Å². The Morgan fingerprint density at radius 2 is 1.65 bits per heavy atom. The highest BCUT2D eigenvalue weighted by atomic mass is 80.0. The van der Waals surface area contributed by atoms with E-state index in [9.17, 15) is 5.26 Å². The lowest BCUT2D eigenvalue weighted by molar-refractivity contribution is 1.31. The Kier molecular flexibility index (Phi) is 6.10. The molecule has 0 radical (unpaired) electrons. The maximum absolute atomic E-state index is 9.21. The fourth-order valence-corrected chi connectivity index (χ4v) is 2.53. The summed E-state index contributed by atoms with van der Waals surface area (Å²) in [4.78, 5) is 0. The molecule has 0 amide bonds. The van der Waals surface area contributed by atoms with Gasteiger partial charge in [-0.25, -0.2) is 0 Å². The Bertz CT molecular complexity index is 757. The van der Waals surface area contributed by atoms with Gasteiger partial charge in [0.15, 0.2) is 7.85 Å². The van der Waals surface area contributed by atoms with Gasteiger partial charge in [-0.3, -0.25) is 10.8 Å². The fraction of sp³-hybridized carbons (Fsp3) is 0.0625. The van der Waals surface area contributed by atoms with Gasteiger partial charge in [-0.1, -0.05) is 90.3 Å². The second-order valence-corrected chi connectivity index (χ2v) is 11.3. The first kappa shape index (κ1) is 17.9. The lowest BCUT2D eigenvalue weighted by atomic mass is 10.1. The van der Waals surface area contributed by atoms with Gasteiger partial charge in [0.05, 0.1) is 11.4 Å². The largest absolute Gasteiger partial charge is 0.297 e. The number of anilines is 1. The van der Waals surface area contributed by atoms with Gasteiger partial charge in [0.2, 0.25) is 0 Å². The number of nitrogens with zero attached hydrogens (tertiary/aromatic N) is 2. The van der Waals surface area contributed by atoms with Gasteiger partial charge in [0.25, 0.3) is 0 Å². The SMILES string of the molecule is N#C/C(=N/Nc1ccc(C(Br)(Br)Br)cc1)C(=N)c1ccccc1. The Morgan fingerprint density at radius 3 is 2.17 bits per heavy atom. The average molecular weight is 499 g/mol. The van der Waals surface area contributed by atoms with Crippen LogP contribution in [0.15, 0.2) is 59.7 Å². The number of hydrogen-bond donors (Lipinski definition) is 2. The number of hydrogen-bond acceptors (Lipinski definition) is 4. The lowest BCUT2D eigenvalue weighted by Crippen LogP contribution is -2.14. The summed E-state index contributed by atoms with van der Waals surface area (Å²) in [7, 11) is 0. The monoisotopic (exact) mass is 496 g/mol. The van der Waals surface area contributed by atoms with Crippen LogP contribution in [0.25, 0.3) is 0 Å². The maximum atomic E-state index is 9.21. The molecule has 4 nitrogen and oxygen atoms in total. The topological polar surface area (TPSA) is 72.0 Å². The lowest BCUT2D eigenvalue weighted by Gasteiger charge is -2.12. The zero-order chi connectivity index (χ0) is 16.9. The summed E-state index contributed by atoms with van der Waals surface area (Å²) in [5.74, 6) is 0. The molecule has 7 heteroatoms. The minimum absolute atomic E-state index is 0.0242. The molecule has 2 aromatic rings. The zero-order valence-corrected chi connectivity index (χ0v) is 16.5. The standard InChI is InChI=1S/C16H11Br3N4/c17-16(18,19)12-6-8-13(9-7-12)22-23-14(10-20)15(21)11-4-2-1-3-5-11/h1-9,21-22H/b21-15?,23-14-. The molecule has 0 aliphatic rings. The summed E-state index contributed by atoms with van der Waals surface area (Å²) in [5.41, 5.74) is 5.25. The van der Waals surface area contributed by atoms with Crippen molar-refractivity contribution in [3.05, 3.63) is 65.7 Å². The summed E-state index contributed by atoms with van der Waals surface area (Å²) in [6.45, 7) is 0. The number of rotatable bonds is 4.